The Bertz CT molecular complexity index is 391. The molecule has 1 aliphatic carbocycles. The number of carbonyl (C=O) groups excluding carboxylic acids is 1. The Balaban J connectivity index is 2.17. The lowest BCUT2D eigenvalue weighted by molar-refractivity contribution is 0.0957. The van der Waals surface area contributed by atoms with Crippen LogP contribution in [0.5, 0.6) is 5.75 Å². The predicted molar refractivity (Wildman–Crippen MR) is 51.2 cm³/mol. The van der Waals surface area contributed by atoms with Crippen LogP contribution in [0, 0.1) is 5.82 Å². The van der Waals surface area contributed by atoms with Crippen LogP contribution in [0.3, 0.4) is 0 Å². The number of carbonyl (C=O) groups is 1. The third kappa shape index (κ3) is 2.23. The summed E-state index contributed by atoms with van der Waals surface area (Å²) in [6.07, 6.45) is 3.28. The molecule has 4 nitrogen and oxygen atoms in total. The SMILES string of the molecule is CNC(=O)c1cc(F)c(OC2CC2)cn1. The summed E-state index contributed by atoms with van der Waals surface area (Å²) in [6.45, 7) is 0. The summed E-state index contributed by atoms with van der Waals surface area (Å²) >= 11 is 0. The van der Waals surface area contributed by atoms with Gasteiger partial charge in [0.1, 0.15) is 5.69 Å². The van der Waals surface area contributed by atoms with E-state index in [-0.39, 0.29) is 17.5 Å². The molecule has 1 aromatic rings. The maximum absolute atomic E-state index is 13.4. The lowest BCUT2D eigenvalue weighted by Gasteiger charge is -2.05. The van der Waals surface area contributed by atoms with E-state index in [0.29, 0.717) is 0 Å². The number of hydrogen-bond donors (Lipinski definition) is 1. The second kappa shape index (κ2) is 3.84. The zero-order chi connectivity index (χ0) is 10.8. The van der Waals surface area contributed by atoms with Gasteiger partial charge >= 0.3 is 0 Å². The van der Waals surface area contributed by atoms with Crippen LogP contribution in [0.1, 0.15) is 23.3 Å². The van der Waals surface area contributed by atoms with E-state index in [2.05, 4.69) is 10.3 Å². The first-order chi connectivity index (χ1) is 7.20. The molecule has 1 aliphatic rings. The van der Waals surface area contributed by atoms with E-state index >= 15 is 0 Å². The van der Waals surface area contributed by atoms with Crippen molar-refractivity contribution in [1.29, 1.82) is 0 Å². The summed E-state index contributed by atoms with van der Waals surface area (Å²) < 4.78 is 18.6. The fraction of sp³-hybridized carbons (Fsp3) is 0.400. The minimum Gasteiger partial charge on any atom is -0.486 e. The highest BCUT2D eigenvalue weighted by molar-refractivity contribution is 5.92. The van der Waals surface area contributed by atoms with Crippen molar-refractivity contribution in [2.45, 2.75) is 18.9 Å². The van der Waals surface area contributed by atoms with Crippen molar-refractivity contribution in [3.05, 3.63) is 23.8 Å². The fourth-order valence-corrected chi connectivity index (χ4v) is 1.12. The van der Waals surface area contributed by atoms with Gasteiger partial charge in [0.05, 0.1) is 12.3 Å². The number of nitrogens with one attached hydrogen (secondary N) is 1. The van der Waals surface area contributed by atoms with Crippen molar-refractivity contribution in [2.24, 2.45) is 0 Å². The van der Waals surface area contributed by atoms with Crippen LogP contribution in [0.4, 0.5) is 4.39 Å². The summed E-state index contributed by atoms with van der Waals surface area (Å²) in [5.41, 5.74) is 0.0538. The van der Waals surface area contributed by atoms with Crippen LogP contribution in [-0.2, 0) is 0 Å². The minimum atomic E-state index is -0.546. The molecule has 0 spiro atoms. The predicted octanol–water partition coefficient (Wildman–Crippen LogP) is 1.12. The Kier molecular flexibility index (Phi) is 2.53. The van der Waals surface area contributed by atoms with E-state index in [1.54, 1.807) is 0 Å². The van der Waals surface area contributed by atoms with Gasteiger partial charge in [-0.25, -0.2) is 9.37 Å². The molecule has 0 aliphatic heterocycles. The summed E-state index contributed by atoms with van der Waals surface area (Å²) in [6, 6.07) is 1.08. The number of pyridine rings is 1. The van der Waals surface area contributed by atoms with Gasteiger partial charge in [-0.3, -0.25) is 4.79 Å². The van der Waals surface area contributed by atoms with E-state index in [4.69, 9.17) is 4.74 Å². The van der Waals surface area contributed by atoms with Gasteiger partial charge in [-0.1, -0.05) is 0 Å². The number of rotatable bonds is 3. The molecule has 1 aromatic heterocycles. The number of nitrogens with zero attached hydrogens (tertiary/aromatic N) is 1. The normalized spacial score (nSPS) is 14.8. The topological polar surface area (TPSA) is 51.2 Å². The van der Waals surface area contributed by atoms with Crippen LogP contribution in [0.2, 0.25) is 0 Å². The van der Waals surface area contributed by atoms with Gasteiger partial charge in [0.2, 0.25) is 0 Å². The van der Waals surface area contributed by atoms with Gasteiger partial charge in [0.15, 0.2) is 11.6 Å². The van der Waals surface area contributed by atoms with Gasteiger partial charge in [0, 0.05) is 13.1 Å². The molecule has 2 rings (SSSR count). The maximum Gasteiger partial charge on any atom is 0.269 e. The average Bonchev–Trinajstić information content (AvgIpc) is 3.04. The summed E-state index contributed by atoms with van der Waals surface area (Å²) in [7, 11) is 1.47. The van der Waals surface area contributed by atoms with E-state index < -0.39 is 11.7 Å². The molecule has 0 saturated heterocycles. The Morgan fingerprint density at radius 2 is 2.40 bits per heavy atom. The van der Waals surface area contributed by atoms with Crippen LogP contribution >= 0.6 is 0 Å². The number of hydrogen-bond acceptors (Lipinski definition) is 3. The molecule has 0 bridgehead atoms. The second-order valence-corrected chi connectivity index (χ2v) is 3.40. The molecule has 1 heterocycles. The fourth-order valence-electron chi connectivity index (χ4n) is 1.12. The maximum atomic E-state index is 13.4. The molecule has 15 heavy (non-hydrogen) atoms. The van der Waals surface area contributed by atoms with Gasteiger partial charge < -0.3 is 10.1 Å². The number of aromatic nitrogens is 1. The Morgan fingerprint density at radius 3 is 2.93 bits per heavy atom. The lowest BCUT2D eigenvalue weighted by atomic mass is 10.3. The highest BCUT2D eigenvalue weighted by Crippen LogP contribution is 2.28. The molecule has 1 saturated carbocycles. The first-order valence-corrected chi connectivity index (χ1v) is 4.75. The highest BCUT2D eigenvalue weighted by Gasteiger charge is 2.25. The van der Waals surface area contributed by atoms with E-state index in [0.717, 1.165) is 18.9 Å². The molecule has 80 valence electrons. The van der Waals surface area contributed by atoms with Gasteiger partial charge in [-0.05, 0) is 12.8 Å². The van der Waals surface area contributed by atoms with Crippen molar-refractivity contribution in [3.63, 3.8) is 0 Å². The largest absolute Gasteiger partial charge is 0.486 e. The Morgan fingerprint density at radius 1 is 1.67 bits per heavy atom. The van der Waals surface area contributed by atoms with E-state index in [1.165, 1.54) is 13.2 Å². The minimum absolute atomic E-state index is 0.0538. The van der Waals surface area contributed by atoms with E-state index in [9.17, 15) is 9.18 Å². The number of halogens is 1. The highest BCUT2D eigenvalue weighted by atomic mass is 19.1. The molecular formula is C10H11FN2O2. The molecule has 0 atom stereocenters. The monoisotopic (exact) mass is 210 g/mol. The van der Waals surface area contributed by atoms with Gasteiger partial charge in [-0.15, -0.1) is 0 Å². The van der Waals surface area contributed by atoms with Gasteiger partial charge in [0.25, 0.3) is 5.91 Å². The summed E-state index contributed by atoms with van der Waals surface area (Å²) in [5.74, 6) is -0.840. The third-order valence-corrected chi connectivity index (χ3v) is 2.10. The van der Waals surface area contributed by atoms with Crippen LogP contribution in [0.25, 0.3) is 0 Å². The molecule has 0 radical (unpaired) electrons. The molecule has 1 N–H and O–H groups in total. The van der Waals surface area contributed by atoms with Crippen molar-refractivity contribution >= 4 is 5.91 Å². The second-order valence-electron chi connectivity index (χ2n) is 3.40. The van der Waals surface area contributed by atoms with E-state index in [1.807, 2.05) is 0 Å². The number of amides is 1. The van der Waals surface area contributed by atoms with Crippen LogP contribution in [0.15, 0.2) is 12.3 Å². The van der Waals surface area contributed by atoms with Crippen molar-refractivity contribution in [1.82, 2.24) is 10.3 Å². The molecule has 1 amide bonds. The van der Waals surface area contributed by atoms with Crippen molar-refractivity contribution in [2.75, 3.05) is 7.05 Å². The van der Waals surface area contributed by atoms with Crippen LogP contribution in [-0.4, -0.2) is 24.0 Å². The average molecular weight is 210 g/mol. The Labute approximate surface area is 86.5 Å². The summed E-state index contributed by atoms with van der Waals surface area (Å²) in [4.78, 5) is 14.9. The first-order valence-electron chi connectivity index (χ1n) is 4.75. The standard InChI is InChI=1S/C10H11FN2O2/c1-12-10(14)8-4-7(11)9(5-13-8)15-6-2-3-6/h4-6H,2-3H2,1H3,(H,12,14). The lowest BCUT2D eigenvalue weighted by Crippen LogP contribution is -2.19. The molecule has 0 unspecified atom stereocenters. The third-order valence-electron chi connectivity index (χ3n) is 2.10. The molecule has 5 heteroatoms. The molecule has 1 fully saturated rings. The smallest absolute Gasteiger partial charge is 0.269 e. The summed E-state index contributed by atoms with van der Waals surface area (Å²) in [5, 5.41) is 2.37. The van der Waals surface area contributed by atoms with Gasteiger partial charge in [-0.2, -0.15) is 0 Å². The molecular weight excluding hydrogens is 199 g/mol. The first kappa shape index (κ1) is 9.89. The van der Waals surface area contributed by atoms with Crippen molar-refractivity contribution in [3.8, 4) is 5.75 Å². The zero-order valence-corrected chi connectivity index (χ0v) is 8.29. The van der Waals surface area contributed by atoms with Crippen molar-refractivity contribution < 1.29 is 13.9 Å². The molecule has 0 aromatic carbocycles. The Hall–Kier alpha value is -1.65. The number of ether oxygens (including phenoxy) is 1. The van der Waals surface area contributed by atoms with Crippen LogP contribution < -0.4 is 10.1 Å². The quantitative estimate of drug-likeness (QED) is 0.813. The zero-order valence-electron chi connectivity index (χ0n) is 8.29.